The smallest absolute Gasteiger partial charge is 0.337 e. The van der Waals surface area contributed by atoms with Crippen LogP contribution in [0, 0.1) is 12.3 Å². The van der Waals surface area contributed by atoms with Gasteiger partial charge in [-0.25, -0.2) is 4.79 Å². The second kappa shape index (κ2) is 8.30. The highest BCUT2D eigenvalue weighted by Crippen LogP contribution is 2.32. The predicted octanol–water partition coefficient (Wildman–Crippen LogP) is 4.73. The number of piperidine rings is 1. The van der Waals surface area contributed by atoms with Crippen molar-refractivity contribution in [2.45, 2.75) is 46.6 Å². The number of H-pyrrole nitrogens is 1. The Labute approximate surface area is 187 Å². The highest BCUT2D eigenvalue weighted by atomic mass is 16.4. The van der Waals surface area contributed by atoms with Crippen molar-refractivity contribution in [1.82, 2.24) is 9.97 Å². The van der Waals surface area contributed by atoms with Gasteiger partial charge in [-0.2, -0.15) is 0 Å². The number of hydrogen-bond acceptors (Lipinski definition) is 5. The SMILES string of the molecule is Cc1cc2c(=O)cc(N3CCC(C)(C)CC3)[nH]c2c(C(C)Nc2ccccc2C(=O)O)n1. The summed E-state index contributed by atoms with van der Waals surface area (Å²) in [5, 5.41) is 13.4. The molecule has 7 nitrogen and oxygen atoms in total. The number of rotatable bonds is 5. The fourth-order valence-corrected chi connectivity index (χ4v) is 4.32. The van der Waals surface area contributed by atoms with Crippen molar-refractivity contribution >= 4 is 28.4 Å². The first-order valence-corrected chi connectivity index (χ1v) is 11.0. The molecule has 0 spiro atoms. The number of aryl methyl sites for hydroxylation is 1. The molecule has 1 atom stereocenters. The monoisotopic (exact) mass is 434 g/mol. The number of pyridine rings is 2. The topological polar surface area (TPSA) is 98.3 Å². The molecular weight excluding hydrogens is 404 g/mol. The van der Waals surface area contributed by atoms with E-state index in [4.69, 9.17) is 4.98 Å². The van der Waals surface area contributed by atoms with Crippen molar-refractivity contribution in [3.05, 3.63) is 63.6 Å². The maximum Gasteiger partial charge on any atom is 0.337 e. The fraction of sp³-hybridized carbons (Fsp3) is 0.400. The number of nitrogens with one attached hydrogen (secondary N) is 2. The molecule has 0 radical (unpaired) electrons. The molecule has 1 aliphatic heterocycles. The third-order valence-electron chi connectivity index (χ3n) is 6.36. The molecule has 1 aromatic carbocycles. The molecule has 1 aliphatic rings. The molecule has 2 aromatic heterocycles. The summed E-state index contributed by atoms with van der Waals surface area (Å²) in [6.07, 6.45) is 2.13. The summed E-state index contributed by atoms with van der Waals surface area (Å²) in [7, 11) is 0. The molecule has 0 aliphatic carbocycles. The summed E-state index contributed by atoms with van der Waals surface area (Å²) >= 11 is 0. The van der Waals surface area contributed by atoms with E-state index in [1.165, 1.54) is 0 Å². The molecule has 7 heteroatoms. The molecule has 3 aromatic rings. The van der Waals surface area contributed by atoms with E-state index in [1.54, 1.807) is 36.4 Å². The van der Waals surface area contributed by atoms with Crippen LogP contribution in [-0.4, -0.2) is 34.1 Å². The van der Waals surface area contributed by atoms with Crippen molar-refractivity contribution in [1.29, 1.82) is 0 Å². The van der Waals surface area contributed by atoms with Crippen molar-refractivity contribution in [3.63, 3.8) is 0 Å². The van der Waals surface area contributed by atoms with Crippen LogP contribution < -0.4 is 15.6 Å². The number of anilines is 2. The molecular formula is C25H30N4O3. The van der Waals surface area contributed by atoms with Gasteiger partial charge in [-0.15, -0.1) is 0 Å². The first-order valence-electron chi connectivity index (χ1n) is 11.0. The lowest BCUT2D eigenvalue weighted by atomic mass is 9.83. The third kappa shape index (κ3) is 4.33. The van der Waals surface area contributed by atoms with Crippen LogP contribution in [0.2, 0.25) is 0 Å². The lowest BCUT2D eigenvalue weighted by Gasteiger charge is -2.38. The molecule has 0 bridgehead atoms. The zero-order valence-corrected chi connectivity index (χ0v) is 19.0. The minimum absolute atomic E-state index is 0.0385. The minimum atomic E-state index is -0.994. The number of carboxylic acids is 1. The summed E-state index contributed by atoms with van der Waals surface area (Å²) in [6, 6.07) is 9.97. The van der Waals surface area contributed by atoms with Crippen LogP contribution in [-0.2, 0) is 0 Å². The molecule has 3 heterocycles. The van der Waals surface area contributed by atoms with E-state index < -0.39 is 5.97 Å². The normalized spacial score (nSPS) is 16.7. The van der Waals surface area contributed by atoms with Gasteiger partial charge >= 0.3 is 5.97 Å². The molecule has 168 valence electrons. The van der Waals surface area contributed by atoms with Gasteiger partial charge < -0.3 is 20.3 Å². The molecule has 32 heavy (non-hydrogen) atoms. The Hall–Kier alpha value is -3.35. The number of fused-ring (bicyclic) bond motifs is 1. The zero-order chi connectivity index (χ0) is 23.0. The Morgan fingerprint density at radius 2 is 1.91 bits per heavy atom. The molecule has 0 saturated carbocycles. The molecule has 1 unspecified atom stereocenters. The van der Waals surface area contributed by atoms with Crippen LogP contribution in [0.3, 0.4) is 0 Å². The number of aromatic carboxylic acids is 1. The highest BCUT2D eigenvalue weighted by molar-refractivity contribution is 5.94. The number of carbonyl (C=O) groups is 1. The summed E-state index contributed by atoms with van der Waals surface area (Å²) in [6.45, 7) is 10.1. The van der Waals surface area contributed by atoms with E-state index in [1.807, 2.05) is 13.8 Å². The van der Waals surface area contributed by atoms with E-state index in [0.29, 0.717) is 27.7 Å². The molecule has 0 amide bonds. The van der Waals surface area contributed by atoms with Gasteiger partial charge in [0.15, 0.2) is 5.43 Å². The van der Waals surface area contributed by atoms with Crippen LogP contribution in [0.25, 0.3) is 10.9 Å². The third-order valence-corrected chi connectivity index (χ3v) is 6.36. The predicted molar refractivity (Wildman–Crippen MR) is 128 cm³/mol. The van der Waals surface area contributed by atoms with Crippen molar-refractivity contribution in [3.8, 4) is 0 Å². The standard InChI is InChI=1S/C25H30N4O3/c1-15-13-18-20(30)14-21(29-11-9-25(3,4)10-12-29)28-23(18)22(26-15)16(2)27-19-8-6-5-7-17(19)24(31)32/h5-8,13-14,16,27H,9-12H2,1-4H3,(H,28,30)(H,31,32). The average Bonchev–Trinajstić information content (AvgIpc) is 2.74. The van der Waals surface area contributed by atoms with Crippen LogP contribution in [0.4, 0.5) is 11.5 Å². The van der Waals surface area contributed by atoms with Crippen LogP contribution >= 0.6 is 0 Å². The van der Waals surface area contributed by atoms with Gasteiger partial charge in [-0.1, -0.05) is 26.0 Å². The van der Waals surface area contributed by atoms with E-state index in [9.17, 15) is 14.7 Å². The Balaban J connectivity index is 1.75. The molecule has 1 fully saturated rings. The van der Waals surface area contributed by atoms with Gasteiger partial charge in [0.1, 0.15) is 5.82 Å². The van der Waals surface area contributed by atoms with Crippen molar-refractivity contribution in [2.24, 2.45) is 5.41 Å². The van der Waals surface area contributed by atoms with E-state index in [2.05, 4.69) is 29.0 Å². The van der Waals surface area contributed by atoms with Gasteiger partial charge in [0.05, 0.1) is 22.8 Å². The number of benzene rings is 1. The number of aromatic nitrogens is 2. The van der Waals surface area contributed by atoms with Gasteiger partial charge in [-0.05, 0) is 50.3 Å². The summed E-state index contributed by atoms with van der Waals surface area (Å²) in [5.74, 6) is -0.186. The lowest BCUT2D eigenvalue weighted by Crippen LogP contribution is -2.38. The summed E-state index contributed by atoms with van der Waals surface area (Å²) in [4.78, 5) is 35.1. The largest absolute Gasteiger partial charge is 0.478 e. The summed E-state index contributed by atoms with van der Waals surface area (Å²) in [5.41, 5.74) is 3.11. The second-order valence-corrected chi connectivity index (χ2v) is 9.46. The first kappa shape index (κ1) is 21.9. The molecule has 4 rings (SSSR count). The highest BCUT2D eigenvalue weighted by Gasteiger charge is 2.26. The fourth-order valence-electron chi connectivity index (χ4n) is 4.32. The lowest BCUT2D eigenvalue weighted by molar-refractivity contribution is 0.0698. The van der Waals surface area contributed by atoms with Crippen LogP contribution in [0.5, 0.6) is 0 Å². The number of para-hydroxylation sites is 1. The second-order valence-electron chi connectivity index (χ2n) is 9.46. The zero-order valence-electron chi connectivity index (χ0n) is 19.0. The average molecular weight is 435 g/mol. The number of aromatic amines is 1. The van der Waals surface area contributed by atoms with E-state index >= 15 is 0 Å². The first-order chi connectivity index (χ1) is 15.1. The quantitative estimate of drug-likeness (QED) is 0.537. The molecule has 3 N–H and O–H groups in total. The Morgan fingerprint density at radius 3 is 2.59 bits per heavy atom. The van der Waals surface area contributed by atoms with Crippen LogP contribution in [0.15, 0.2) is 41.2 Å². The number of nitrogens with zero attached hydrogens (tertiary/aromatic N) is 2. The number of carboxylic acid groups (broad SMARTS) is 1. The maximum atomic E-state index is 13.0. The van der Waals surface area contributed by atoms with Gasteiger partial charge in [0, 0.05) is 35.9 Å². The Bertz CT molecular complexity index is 1220. The van der Waals surface area contributed by atoms with Crippen molar-refractivity contribution in [2.75, 3.05) is 23.3 Å². The maximum absolute atomic E-state index is 13.0. The van der Waals surface area contributed by atoms with Crippen molar-refractivity contribution < 1.29 is 9.90 Å². The van der Waals surface area contributed by atoms with Crippen LogP contribution in [0.1, 0.15) is 61.4 Å². The Morgan fingerprint density at radius 1 is 1.22 bits per heavy atom. The van der Waals surface area contributed by atoms with E-state index in [0.717, 1.165) is 37.4 Å². The summed E-state index contributed by atoms with van der Waals surface area (Å²) < 4.78 is 0. The number of hydrogen-bond donors (Lipinski definition) is 3. The van der Waals surface area contributed by atoms with Gasteiger partial charge in [0.25, 0.3) is 0 Å². The van der Waals surface area contributed by atoms with E-state index in [-0.39, 0.29) is 17.0 Å². The molecule has 1 saturated heterocycles. The Kier molecular flexibility index (Phi) is 5.67. The van der Waals surface area contributed by atoms with Gasteiger partial charge in [-0.3, -0.25) is 9.78 Å². The van der Waals surface area contributed by atoms with Gasteiger partial charge in [0.2, 0.25) is 0 Å². The minimum Gasteiger partial charge on any atom is -0.478 e.